The predicted octanol–water partition coefficient (Wildman–Crippen LogP) is 2.87. The fourth-order valence-corrected chi connectivity index (χ4v) is 1.87. The first kappa shape index (κ1) is 14.5. The molecule has 0 unspecified atom stereocenters. The minimum Gasteiger partial charge on any atom is -0.406 e. The molecule has 1 aromatic carbocycles. The summed E-state index contributed by atoms with van der Waals surface area (Å²) in [5.74, 6) is 0.244. The summed E-state index contributed by atoms with van der Waals surface area (Å²) in [6.07, 6.45) is 1.05. The summed E-state index contributed by atoms with van der Waals surface area (Å²) in [6.45, 7) is 6.10. The van der Waals surface area contributed by atoms with Crippen LogP contribution in [0.25, 0.3) is 0 Å². The van der Waals surface area contributed by atoms with Crippen molar-refractivity contribution in [1.82, 2.24) is 15.5 Å². The molecule has 0 fully saturated rings. The Bertz CT molecular complexity index is 543. The number of rotatable bonds is 7. The third-order valence-electron chi connectivity index (χ3n) is 2.83. The Morgan fingerprint density at radius 1 is 1.30 bits per heavy atom. The Hall–Kier alpha value is -1.95. The highest BCUT2D eigenvalue weighted by Gasteiger charge is 2.15. The van der Waals surface area contributed by atoms with E-state index in [2.05, 4.69) is 22.4 Å². The van der Waals surface area contributed by atoms with E-state index in [-0.39, 0.29) is 5.82 Å². The second kappa shape index (κ2) is 7.00. The number of nitrogens with zero attached hydrogens (tertiary/aromatic N) is 3. The maximum atomic E-state index is 13.3. The van der Waals surface area contributed by atoms with Crippen molar-refractivity contribution >= 4 is 11.7 Å². The van der Waals surface area contributed by atoms with Crippen LogP contribution in [0.5, 0.6) is 0 Å². The highest BCUT2D eigenvalue weighted by atomic mass is 19.1. The largest absolute Gasteiger partial charge is 0.406 e. The van der Waals surface area contributed by atoms with Crippen molar-refractivity contribution in [3.63, 3.8) is 0 Å². The average Bonchev–Trinajstić information content (AvgIpc) is 2.89. The Kier molecular flexibility index (Phi) is 5.06. The van der Waals surface area contributed by atoms with Gasteiger partial charge in [0.25, 0.3) is 0 Å². The minimum absolute atomic E-state index is 0.287. The second-order valence-electron chi connectivity index (χ2n) is 4.38. The maximum absolute atomic E-state index is 13.3. The lowest BCUT2D eigenvalue weighted by Crippen LogP contribution is -2.16. The molecule has 2 aromatic rings. The number of benzene rings is 1. The molecule has 1 N–H and O–H groups in total. The predicted molar refractivity (Wildman–Crippen MR) is 75.4 cm³/mol. The van der Waals surface area contributed by atoms with E-state index >= 15 is 0 Å². The molecule has 0 amide bonds. The van der Waals surface area contributed by atoms with Crippen molar-refractivity contribution in [3.8, 4) is 0 Å². The first-order valence-electron chi connectivity index (χ1n) is 6.80. The third kappa shape index (κ3) is 3.54. The van der Waals surface area contributed by atoms with Crippen LogP contribution in [0.15, 0.2) is 28.7 Å². The smallest absolute Gasteiger partial charge is 0.322 e. The van der Waals surface area contributed by atoms with Gasteiger partial charge in [-0.3, -0.25) is 4.90 Å². The van der Waals surface area contributed by atoms with Gasteiger partial charge in [-0.05, 0) is 38.1 Å². The fraction of sp³-hybridized carbons (Fsp3) is 0.429. The molecule has 20 heavy (non-hydrogen) atoms. The van der Waals surface area contributed by atoms with Gasteiger partial charge < -0.3 is 9.73 Å². The molecule has 1 aromatic heterocycles. The van der Waals surface area contributed by atoms with Crippen LogP contribution < -0.4 is 10.2 Å². The van der Waals surface area contributed by atoms with E-state index in [1.165, 1.54) is 12.1 Å². The van der Waals surface area contributed by atoms with E-state index < -0.39 is 0 Å². The number of anilines is 2. The molecule has 0 saturated carbocycles. The molecule has 6 heteroatoms. The van der Waals surface area contributed by atoms with Crippen molar-refractivity contribution in [2.75, 3.05) is 18.0 Å². The number of aromatic nitrogens is 2. The van der Waals surface area contributed by atoms with Gasteiger partial charge in [0.15, 0.2) is 0 Å². The summed E-state index contributed by atoms with van der Waals surface area (Å²) >= 11 is 0. The quantitative estimate of drug-likeness (QED) is 0.789. The van der Waals surface area contributed by atoms with Gasteiger partial charge in [0.05, 0.1) is 6.54 Å². The summed E-state index contributed by atoms with van der Waals surface area (Å²) < 4.78 is 18.9. The van der Waals surface area contributed by atoms with E-state index in [4.69, 9.17) is 4.42 Å². The monoisotopic (exact) mass is 278 g/mol. The molecule has 5 nitrogen and oxygen atoms in total. The van der Waals surface area contributed by atoms with Crippen LogP contribution in [0.1, 0.15) is 26.2 Å². The van der Waals surface area contributed by atoms with Gasteiger partial charge >= 0.3 is 6.01 Å². The van der Waals surface area contributed by atoms with Gasteiger partial charge in [-0.2, -0.15) is 0 Å². The molecular weight excluding hydrogens is 259 g/mol. The second-order valence-corrected chi connectivity index (χ2v) is 4.38. The Labute approximate surface area is 117 Å². The molecule has 0 spiro atoms. The van der Waals surface area contributed by atoms with Gasteiger partial charge in [-0.25, -0.2) is 4.39 Å². The van der Waals surface area contributed by atoms with Crippen LogP contribution >= 0.6 is 0 Å². The zero-order valence-corrected chi connectivity index (χ0v) is 11.8. The van der Waals surface area contributed by atoms with Gasteiger partial charge in [0.1, 0.15) is 5.82 Å². The topological polar surface area (TPSA) is 54.2 Å². The zero-order chi connectivity index (χ0) is 14.4. The van der Waals surface area contributed by atoms with Crippen LogP contribution in [-0.2, 0) is 6.54 Å². The lowest BCUT2D eigenvalue weighted by Gasteiger charge is -2.17. The summed E-state index contributed by atoms with van der Waals surface area (Å²) in [5.41, 5.74) is 0.698. The number of halogens is 1. The van der Waals surface area contributed by atoms with Crippen molar-refractivity contribution < 1.29 is 8.81 Å². The van der Waals surface area contributed by atoms with Crippen LogP contribution in [0.3, 0.4) is 0 Å². The van der Waals surface area contributed by atoms with Crippen molar-refractivity contribution in [1.29, 1.82) is 0 Å². The normalized spacial score (nSPS) is 10.8. The van der Waals surface area contributed by atoms with Crippen molar-refractivity contribution in [2.45, 2.75) is 26.8 Å². The van der Waals surface area contributed by atoms with Gasteiger partial charge in [0.2, 0.25) is 5.89 Å². The number of hydrogen-bond acceptors (Lipinski definition) is 5. The van der Waals surface area contributed by atoms with E-state index in [1.54, 1.807) is 11.0 Å². The lowest BCUT2D eigenvalue weighted by atomic mass is 10.3. The zero-order valence-electron chi connectivity index (χ0n) is 11.8. The average molecular weight is 278 g/mol. The lowest BCUT2D eigenvalue weighted by molar-refractivity contribution is 0.469. The number of nitrogens with one attached hydrogen (secondary N) is 1. The molecule has 0 radical (unpaired) electrons. The molecule has 0 aliphatic heterocycles. The molecule has 2 rings (SSSR count). The molecule has 1 heterocycles. The fourth-order valence-electron chi connectivity index (χ4n) is 1.87. The standard InChI is InChI=1S/C14H19FN4O/c1-3-8-16-10-13-17-18-14(20-13)19(4-2)12-7-5-6-11(15)9-12/h5-7,9,16H,3-4,8,10H2,1-2H3. The van der Waals surface area contributed by atoms with E-state index in [1.807, 2.05) is 13.0 Å². The van der Waals surface area contributed by atoms with Crippen molar-refractivity contribution in [2.24, 2.45) is 0 Å². The minimum atomic E-state index is -0.287. The van der Waals surface area contributed by atoms with Crippen LogP contribution in [0.2, 0.25) is 0 Å². The molecule has 0 aliphatic carbocycles. The van der Waals surface area contributed by atoms with Gasteiger partial charge in [0, 0.05) is 12.2 Å². The summed E-state index contributed by atoms with van der Waals surface area (Å²) in [7, 11) is 0. The first-order chi connectivity index (χ1) is 9.74. The highest BCUT2D eigenvalue weighted by molar-refractivity contribution is 5.55. The summed E-state index contributed by atoms with van der Waals surface area (Å²) in [6, 6.07) is 6.71. The Balaban J connectivity index is 2.12. The molecular formula is C14H19FN4O. The van der Waals surface area contributed by atoms with E-state index in [9.17, 15) is 4.39 Å². The Morgan fingerprint density at radius 2 is 2.15 bits per heavy atom. The van der Waals surface area contributed by atoms with E-state index in [0.29, 0.717) is 30.7 Å². The summed E-state index contributed by atoms with van der Waals surface area (Å²) in [5, 5.41) is 11.2. The first-order valence-corrected chi connectivity index (χ1v) is 6.80. The maximum Gasteiger partial charge on any atom is 0.322 e. The molecule has 0 bridgehead atoms. The molecule has 0 atom stereocenters. The molecule has 108 valence electrons. The van der Waals surface area contributed by atoms with Gasteiger partial charge in [-0.1, -0.05) is 18.1 Å². The van der Waals surface area contributed by atoms with Crippen LogP contribution in [0.4, 0.5) is 16.1 Å². The molecule has 0 aliphatic rings. The number of hydrogen-bond donors (Lipinski definition) is 1. The van der Waals surface area contributed by atoms with Crippen LogP contribution in [0, 0.1) is 5.82 Å². The van der Waals surface area contributed by atoms with Crippen molar-refractivity contribution in [3.05, 3.63) is 36.0 Å². The third-order valence-corrected chi connectivity index (χ3v) is 2.83. The van der Waals surface area contributed by atoms with Gasteiger partial charge in [-0.15, -0.1) is 5.10 Å². The van der Waals surface area contributed by atoms with E-state index in [0.717, 1.165) is 13.0 Å². The Morgan fingerprint density at radius 3 is 2.85 bits per heavy atom. The van der Waals surface area contributed by atoms with Crippen LogP contribution in [-0.4, -0.2) is 23.3 Å². The highest BCUT2D eigenvalue weighted by Crippen LogP contribution is 2.24. The SMILES string of the molecule is CCCNCc1nnc(N(CC)c2cccc(F)c2)o1. The summed E-state index contributed by atoms with van der Waals surface area (Å²) in [4.78, 5) is 1.78. The molecule has 0 saturated heterocycles.